The Morgan fingerprint density at radius 2 is 2.25 bits per heavy atom. The largest absolute Gasteiger partial charge is 0.398 e. The highest BCUT2D eigenvalue weighted by molar-refractivity contribution is 7.10. The van der Waals surface area contributed by atoms with Crippen molar-refractivity contribution < 1.29 is 0 Å². The van der Waals surface area contributed by atoms with E-state index in [9.17, 15) is 0 Å². The van der Waals surface area contributed by atoms with Gasteiger partial charge in [-0.3, -0.25) is 0 Å². The van der Waals surface area contributed by atoms with E-state index in [2.05, 4.69) is 15.3 Å². The van der Waals surface area contributed by atoms with Crippen LogP contribution in [0.25, 0.3) is 0 Å². The molecule has 0 aliphatic heterocycles. The lowest BCUT2D eigenvalue weighted by molar-refractivity contribution is 0.682. The number of nitrogens with zero attached hydrogens (tertiary/aromatic N) is 2. The van der Waals surface area contributed by atoms with Crippen LogP contribution in [-0.4, -0.2) is 9.97 Å². The summed E-state index contributed by atoms with van der Waals surface area (Å²) in [6, 6.07) is 3.84. The zero-order valence-corrected chi connectivity index (χ0v) is 9.92. The first-order valence-electron chi connectivity index (χ1n) is 5.07. The van der Waals surface area contributed by atoms with Crippen molar-refractivity contribution in [3.8, 4) is 0 Å². The molecule has 2 heterocycles. The van der Waals surface area contributed by atoms with Gasteiger partial charge in [0.2, 0.25) is 0 Å². The Labute approximate surface area is 98.6 Å². The first kappa shape index (κ1) is 11.0. The molecule has 2 rings (SSSR count). The molecular weight excluding hydrogens is 220 g/mol. The van der Waals surface area contributed by atoms with E-state index in [1.807, 2.05) is 24.4 Å². The van der Waals surface area contributed by atoms with Crippen LogP contribution in [-0.2, 0) is 13.1 Å². The molecule has 0 unspecified atom stereocenters. The van der Waals surface area contributed by atoms with Crippen molar-refractivity contribution in [2.24, 2.45) is 0 Å². The number of hydrogen-bond donors (Lipinski definition) is 2. The number of aryl methyl sites for hydroxylation is 1. The summed E-state index contributed by atoms with van der Waals surface area (Å²) in [6.07, 6.45) is 1.78. The Hall–Kier alpha value is -1.46. The maximum Gasteiger partial charge on any atom is 0.125 e. The van der Waals surface area contributed by atoms with Gasteiger partial charge >= 0.3 is 0 Å². The van der Waals surface area contributed by atoms with Gasteiger partial charge in [-0.1, -0.05) is 0 Å². The molecule has 0 aliphatic rings. The standard InChI is InChI=1S/C11H14N4S/c1-8-14-4-2-9(15-8)6-13-7-11-10(12)3-5-16-11/h2-5,13H,6-7,12H2,1H3. The second kappa shape index (κ2) is 5.05. The molecule has 0 fully saturated rings. The van der Waals surface area contributed by atoms with Gasteiger partial charge in [-0.25, -0.2) is 9.97 Å². The van der Waals surface area contributed by atoms with E-state index in [0.717, 1.165) is 30.3 Å². The van der Waals surface area contributed by atoms with Crippen molar-refractivity contribution in [1.82, 2.24) is 15.3 Å². The Morgan fingerprint density at radius 3 is 2.94 bits per heavy atom. The summed E-state index contributed by atoms with van der Waals surface area (Å²) in [5.41, 5.74) is 7.65. The van der Waals surface area contributed by atoms with Crippen LogP contribution in [0.3, 0.4) is 0 Å². The Bertz CT molecular complexity index is 467. The van der Waals surface area contributed by atoms with E-state index in [-0.39, 0.29) is 0 Å². The Balaban J connectivity index is 1.87. The highest BCUT2D eigenvalue weighted by Crippen LogP contribution is 2.18. The van der Waals surface area contributed by atoms with Gasteiger partial charge in [0.05, 0.1) is 5.69 Å². The van der Waals surface area contributed by atoms with E-state index in [1.165, 1.54) is 4.88 Å². The van der Waals surface area contributed by atoms with Crippen molar-refractivity contribution in [3.63, 3.8) is 0 Å². The van der Waals surface area contributed by atoms with Crippen molar-refractivity contribution in [1.29, 1.82) is 0 Å². The molecule has 5 heteroatoms. The first-order chi connectivity index (χ1) is 7.75. The molecule has 0 aromatic carbocycles. The predicted octanol–water partition coefficient (Wildman–Crippen LogP) is 1.72. The summed E-state index contributed by atoms with van der Waals surface area (Å²) in [7, 11) is 0. The van der Waals surface area contributed by atoms with E-state index >= 15 is 0 Å². The normalized spacial score (nSPS) is 10.6. The summed E-state index contributed by atoms with van der Waals surface area (Å²) >= 11 is 1.67. The molecule has 4 nitrogen and oxygen atoms in total. The lowest BCUT2D eigenvalue weighted by Crippen LogP contribution is -2.14. The van der Waals surface area contributed by atoms with Crippen LogP contribution in [0, 0.1) is 6.92 Å². The second-order valence-corrected chi connectivity index (χ2v) is 4.50. The Morgan fingerprint density at radius 1 is 1.38 bits per heavy atom. The highest BCUT2D eigenvalue weighted by Gasteiger charge is 2.00. The minimum Gasteiger partial charge on any atom is -0.398 e. The number of aromatic nitrogens is 2. The second-order valence-electron chi connectivity index (χ2n) is 3.50. The van der Waals surface area contributed by atoms with E-state index in [4.69, 9.17) is 5.73 Å². The molecule has 16 heavy (non-hydrogen) atoms. The number of hydrogen-bond acceptors (Lipinski definition) is 5. The number of rotatable bonds is 4. The van der Waals surface area contributed by atoms with E-state index < -0.39 is 0 Å². The predicted molar refractivity (Wildman–Crippen MR) is 66.0 cm³/mol. The lowest BCUT2D eigenvalue weighted by atomic mass is 10.3. The zero-order valence-electron chi connectivity index (χ0n) is 9.10. The van der Waals surface area contributed by atoms with Crippen LogP contribution in [0.5, 0.6) is 0 Å². The van der Waals surface area contributed by atoms with Crippen molar-refractivity contribution in [2.75, 3.05) is 5.73 Å². The minimum atomic E-state index is 0.737. The molecule has 0 atom stereocenters. The quantitative estimate of drug-likeness (QED) is 0.845. The zero-order chi connectivity index (χ0) is 11.4. The van der Waals surface area contributed by atoms with Crippen molar-refractivity contribution in [2.45, 2.75) is 20.0 Å². The molecule has 2 aromatic rings. The molecule has 0 amide bonds. The molecule has 84 valence electrons. The molecule has 0 saturated carbocycles. The molecule has 0 spiro atoms. The van der Waals surface area contributed by atoms with Crippen LogP contribution in [0.4, 0.5) is 5.69 Å². The van der Waals surface area contributed by atoms with Gasteiger partial charge < -0.3 is 11.1 Å². The van der Waals surface area contributed by atoms with Crippen LogP contribution in [0.15, 0.2) is 23.7 Å². The van der Waals surface area contributed by atoms with Crippen LogP contribution in [0.1, 0.15) is 16.4 Å². The van der Waals surface area contributed by atoms with Crippen molar-refractivity contribution >= 4 is 17.0 Å². The van der Waals surface area contributed by atoms with Gasteiger partial charge in [0.15, 0.2) is 0 Å². The summed E-state index contributed by atoms with van der Waals surface area (Å²) in [4.78, 5) is 9.54. The smallest absolute Gasteiger partial charge is 0.125 e. The van der Waals surface area contributed by atoms with Gasteiger partial charge in [0.1, 0.15) is 5.82 Å². The number of nitrogens with one attached hydrogen (secondary N) is 1. The average molecular weight is 234 g/mol. The minimum absolute atomic E-state index is 0.737. The molecule has 0 aliphatic carbocycles. The number of anilines is 1. The average Bonchev–Trinajstić information content (AvgIpc) is 2.65. The van der Waals surface area contributed by atoms with Crippen LogP contribution in [0.2, 0.25) is 0 Å². The topological polar surface area (TPSA) is 63.8 Å². The summed E-state index contributed by atoms with van der Waals surface area (Å²) < 4.78 is 0. The van der Waals surface area contributed by atoms with Gasteiger partial charge in [-0.15, -0.1) is 11.3 Å². The molecule has 0 saturated heterocycles. The fraction of sp³-hybridized carbons (Fsp3) is 0.273. The first-order valence-corrected chi connectivity index (χ1v) is 5.95. The molecule has 2 aromatic heterocycles. The molecule has 0 bridgehead atoms. The number of thiophene rings is 1. The van der Waals surface area contributed by atoms with Crippen molar-refractivity contribution in [3.05, 3.63) is 40.1 Å². The van der Waals surface area contributed by atoms with Crippen LogP contribution < -0.4 is 11.1 Å². The SMILES string of the molecule is Cc1nccc(CNCc2sccc2N)n1. The Kier molecular flexibility index (Phi) is 3.48. The third-order valence-electron chi connectivity index (χ3n) is 2.21. The molecular formula is C11H14N4S. The summed E-state index contributed by atoms with van der Waals surface area (Å²) in [5, 5.41) is 5.31. The number of nitrogens with two attached hydrogens (primary N) is 1. The van der Waals surface area contributed by atoms with E-state index in [1.54, 1.807) is 17.5 Å². The van der Waals surface area contributed by atoms with Gasteiger partial charge in [0.25, 0.3) is 0 Å². The molecule has 3 N–H and O–H groups in total. The van der Waals surface area contributed by atoms with Gasteiger partial charge in [-0.05, 0) is 24.4 Å². The summed E-state index contributed by atoms with van der Waals surface area (Å²) in [6.45, 7) is 3.41. The third-order valence-corrected chi connectivity index (χ3v) is 3.14. The van der Waals surface area contributed by atoms with Crippen LogP contribution >= 0.6 is 11.3 Å². The molecule has 0 radical (unpaired) electrons. The van der Waals surface area contributed by atoms with Gasteiger partial charge in [-0.2, -0.15) is 0 Å². The number of nitrogen functional groups attached to an aromatic ring is 1. The summed E-state index contributed by atoms with van der Waals surface area (Å²) in [5.74, 6) is 0.801. The maximum absolute atomic E-state index is 5.79. The fourth-order valence-corrected chi connectivity index (χ4v) is 2.17. The maximum atomic E-state index is 5.79. The monoisotopic (exact) mass is 234 g/mol. The van der Waals surface area contributed by atoms with E-state index in [0.29, 0.717) is 0 Å². The fourth-order valence-electron chi connectivity index (χ4n) is 1.40. The lowest BCUT2D eigenvalue weighted by Gasteiger charge is -2.04. The van der Waals surface area contributed by atoms with Gasteiger partial charge in [0, 0.05) is 29.9 Å². The third kappa shape index (κ3) is 2.77. The highest BCUT2D eigenvalue weighted by atomic mass is 32.1.